The molecule has 0 bridgehead atoms. The first-order valence-corrected chi connectivity index (χ1v) is 12.6. The zero-order valence-electron chi connectivity index (χ0n) is 21.4. The maximum atomic E-state index is 13.3. The lowest BCUT2D eigenvalue weighted by atomic mass is 9.78. The van der Waals surface area contributed by atoms with E-state index in [0.717, 1.165) is 36.8 Å². The molecule has 0 spiro atoms. The summed E-state index contributed by atoms with van der Waals surface area (Å²) in [5.74, 6) is 11.5. The van der Waals surface area contributed by atoms with E-state index < -0.39 is 0 Å². The molecule has 1 unspecified atom stereocenters. The van der Waals surface area contributed by atoms with E-state index in [1.807, 2.05) is 36.4 Å². The van der Waals surface area contributed by atoms with Crippen LogP contribution in [0, 0.1) is 0 Å². The van der Waals surface area contributed by atoms with Crippen molar-refractivity contribution in [1.82, 2.24) is 5.53 Å². The Morgan fingerprint density at radius 2 is 2.03 bits per heavy atom. The zero-order chi connectivity index (χ0) is 26.9. The summed E-state index contributed by atoms with van der Waals surface area (Å²) in [5.41, 5.74) is 11.3. The molecule has 1 atom stereocenters. The second kappa shape index (κ2) is 12.7. The fourth-order valence-corrected chi connectivity index (χ4v) is 4.75. The first kappa shape index (κ1) is 26.7. The number of benzene rings is 2. The Bertz CT molecular complexity index is 1400. The highest BCUT2D eigenvalue weighted by atomic mass is 16.5. The van der Waals surface area contributed by atoms with E-state index in [1.165, 1.54) is 0 Å². The van der Waals surface area contributed by atoms with E-state index in [9.17, 15) is 4.79 Å². The lowest BCUT2D eigenvalue weighted by Gasteiger charge is -2.26. The van der Waals surface area contributed by atoms with Crippen LogP contribution in [0.25, 0.3) is 11.0 Å². The molecule has 2 aromatic carbocycles. The SMILES string of the molecule is CCC/C=C(\COc1cc(OC/C(N)=N/NN)c2c3c(c(=O)oc2c1)C(c1ccccc1)CCC3)N=NN. The quantitative estimate of drug-likeness (QED) is 0.0739. The van der Waals surface area contributed by atoms with Crippen LogP contribution < -0.4 is 38.1 Å². The molecule has 3 aromatic rings. The minimum Gasteiger partial charge on any atom is -0.487 e. The predicted octanol–water partition coefficient (Wildman–Crippen LogP) is 3.76. The number of allylic oxidation sites excluding steroid dienone is 1. The predicted molar refractivity (Wildman–Crippen MR) is 146 cm³/mol. The molecule has 1 aromatic heterocycles. The fraction of sp³-hybridized carbons (Fsp3) is 0.333. The van der Waals surface area contributed by atoms with Gasteiger partial charge >= 0.3 is 5.63 Å². The lowest BCUT2D eigenvalue weighted by molar-refractivity contribution is 0.340. The number of hydrazine groups is 1. The number of unbranched alkanes of at least 4 members (excludes halogenated alkanes) is 1. The number of hydrogen-bond donors (Lipinski definition) is 4. The van der Waals surface area contributed by atoms with Crippen LogP contribution in [0.15, 0.2) is 78.9 Å². The summed E-state index contributed by atoms with van der Waals surface area (Å²) in [6, 6.07) is 13.4. The first-order chi connectivity index (χ1) is 18.5. The molecule has 11 heteroatoms. The Morgan fingerprint density at radius 1 is 1.21 bits per heavy atom. The van der Waals surface area contributed by atoms with Crippen molar-refractivity contribution >= 4 is 16.8 Å². The van der Waals surface area contributed by atoms with Crippen LogP contribution in [0.4, 0.5) is 0 Å². The number of fused-ring (bicyclic) bond motifs is 3. The number of amidine groups is 1. The van der Waals surface area contributed by atoms with Crippen molar-refractivity contribution in [1.29, 1.82) is 0 Å². The number of nitrogens with two attached hydrogens (primary N) is 3. The molecular weight excluding hydrogens is 486 g/mol. The summed E-state index contributed by atoms with van der Waals surface area (Å²) in [6.07, 6.45) is 6.14. The molecule has 200 valence electrons. The van der Waals surface area contributed by atoms with Gasteiger partial charge in [0.15, 0.2) is 5.84 Å². The third-order valence-corrected chi connectivity index (χ3v) is 6.38. The molecule has 7 N–H and O–H groups in total. The van der Waals surface area contributed by atoms with E-state index >= 15 is 0 Å². The maximum Gasteiger partial charge on any atom is 0.340 e. The van der Waals surface area contributed by atoms with Crippen molar-refractivity contribution in [3.8, 4) is 11.5 Å². The highest BCUT2D eigenvalue weighted by molar-refractivity contribution is 5.90. The molecule has 0 saturated carbocycles. The van der Waals surface area contributed by atoms with Crippen molar-refractivity contribution < 1.29 is 13.9 Å². The van der Waals surface area contributed by atoms with Gasteiger partial charge in [-0.3, -0.25) is 0 Å². The number of hydrazone groups is 1. The van der Waals surface area contributed by atoms with Gasteiger partial charge in [-0.25, -0.2) is 16.2 Å². The summed E-state index contributed by atoms with van der Waals surface area (Å²) < 4.78 is 17.9. The molecular formula is C27H33N7O4. The molecule has 4 rings (SSSR count). The van der Waals surface area contributed by atoms with Gasteiger partial charge in [0.1, 0.15) is 30.3 Å². The monoisotopic (exact) mass is 519 g/mol. The van der Waals surface area contributed by atoms with E-state index in [0.29, 0.717) is 40.1 Å². The van der Waals surface area contributed by atoms with Gasteiger partial charge in [0.05, 0.1) is 11.1 Å². The molecule has 0 radical (unpaired) electrons. The van der Waals surface area contributed by atoms with Gasteiger partial charge in [-0.05, 0) is 36.8 Å². The average molecular weight is 520 g/mol. The number of aryl methyl sites for hydroxylation is 1. The Hall–Kier alpha value is -4.38. The van der Waals surface area contributed by atoms with Crippen LogP contribution in [0.2, 0.25) is 0 Å². The zero-order valence-corrected chi connectivity index (χ0v) is 21.4. The highest BCUT2D eigenvalue weighted by Gasteiger charge is 2.29. The molecule has 1 aliphatic rings. The Morgan fingerprint density at radius 3 is 2.76 bits per heavy atom. The number of nitrogens with one attached hydrogen (secondary N) is 1. The van der Waals surface area contributed by atoms with Crippen molar-refractivity contribution in [3.63, 3.8) is 0 Å². The smallest absolute Gasteiger partial charge is 0.340 e. The van der Waals surface area contributed by atoms with Gasteiger partial charge in [-0.15, -0.1) is 10.2 Å². The first-order valence-electron chi connectivity index (χ1n) is 12.6. The molecule has 1 heterocycles. The van der Waals surface area contributed by atoms with Crippen molar-refractivity contribution in [2.75, 3.05) is 13.2 Å². The topological polar surface area (TPSA) is 176 Å². The molecule has 0 fully saturated rings. The molecule has 0 aliphatic heterocycles. The molecule has 0 amide bonds. The summed E-state index contributed by atoms with van der Waals surface area (Å²) in [5, 5.41) is 11.8. The van der Waals surface area contributed by atoms with Gasteiger partial charge in [-0.1, -0.05) is 55.0 Å². The van der Waals surface area contributed by atoms with Crippen LogP contribution in [0.3, 0.4) is 0 Å². The minimum atomic E-state index is -0.363. The molecule has 11 nitrogen and oxygen atoms in total. The standard InChI is InChI=1S/C27H33N7O4/c1-2-3-10-18(31-33-29)15-36-19-13-22(37-16-24(28)32-34-30)26-21-12-7-11-20(17-8-5-4-6-9-17)25(21)27(35)38-23(26)14-19/h4-6,8-10,13-14,20,34H,2-3,7,11-12,15-16,30H2,1H3,(H2,28,32)(H2,29,31)/b18-10+. The van der Waals surface area contributed by atoms with Gasteiger partial charge in [0.25, 0.3) is 0 Å². The van der Waals surface area contributed by atoms with Gasteiger partial charge < -0.3 is 25.5 Å². The second-order valence-corrected chi connectivity index (χ2v) is 8.94. The van der Waals surface area contributed by atoms with Crippen LogP contribution in [0.5, 0.6) is 11.5 Å². The number of hydrogen-bond acceptors (Lipinski definition) is 9. The van der Waals surface area contributed by atoms with E-state index in [-0.39, 0.29) is 30.6 Å². The number of rotatable bonds is 11. The normalized spacial score (nSPS) is 16.0. The van der Waals surface area contributed by atoms with Crippen molar-refractivity contribution in [3.05, 3.63) is 81.3 Å². The molecule has 38 heavy (non-hydrogen) atoms. The van der Waals surface area contributed by atoms with E-state index in [4.69, 9.17) is 31.3 Å². The number of nitrogens with zero attached hydrogens (tertiary/aromatic N) is 3. The third kappa shape index (κ3) is 6.12. The highest BCUT2D eigenvalue weighted by Crippen LogP contribution is 2.42. The van der Waals surface area contributed by atoms with E-state index in [1.54, 1.807) is 12.1 Å². The largest absolute Gasteiger partial charge is 0.487 e. The van der Waals surface area contributed by atoms with Crippen molar-refractivity contribution in [2.45, 2.75) is 44.9 Å². The summed E-state index contributed by atoms with van der Waals surface area (Å²) in [6.45, 7) is 2.14. The van der Waals surface area contributed by atoms with Crippen LogP contribution in [0.1, 0.15) is 55.2 Å². The van der Waals surface area contributed by atoms with Gasteiger partial charge in [-0.2, -0.15) is 0 Å². The van der Waals surface area contributed by atoms with E-state index in [2.05, 4.69) is 27.9 Å². The maximum absolute atomic E-state index is 13.3. The second-order valence-electron chi connectivity index (χ2n) is 8.94. The summed E-state index contributed by atoms with van der Waals surface area (Å²) in [4.78, 5) is 13.3. The summed E-state index contributed by atoms with van der Waals surface area (Å²) in [7, 11) is 0. The number of ether oxygens (including phenoxy) is 2. The fourth-order valence-electron chi connectivity index (χ4n) is 4.75. The minimum absolute atomic E-state index is 0.0399. The molecule has 1 aliphatic carbocycles. The van der Waals surface area contributed by atoms with Gasteiger partial charge in [0.2, 0.25) is 0 Å². The Labute approximate surface area is 220 Å². The lowest BCUT2D eigenvalue weighted by Crippen LogP contribution is -2.27. The van der Waals surface area contributed by atoms with Crippen LogP contribution in [-0.2, 0) is 6.42 Å². The summed E-state index contributed by atoms with van der Waals surface area (Å²) >= 11 is 0. The van der Waals surface area contributed by atoms with Crippen LogP contribution in [-0.4, -0.2) is 19.0 Å². The average Bonchev–Trinajstić information content (AvgIpc) is 2.93. The molecule has 0 saturated heterocycles. The Balaban J connectivity index is 1.80. The third-order valence-electron chi connectivity index (χ3n) is 6.38. The van der Waals surface area contributed by atoms with Crippen LogP contribution >= 0.6 is 0 Å². The van der Waals surface area contributed by atoms with Gasteiger partial charge in [0, 0.05) is 23.6 Å². The Kier molecular flexibility index (Phi) is 8.94. The van der Waals surface area contributed by atoms with Crippen molar-refractivity contribution in [2.24, 2.45) is 32.9 Å².